The molecule has 0 fully saturated rings. The molecule has 38 heavy (non-hydrogen) atoms. The molecule has 3 aromatic carbocycles. The summed E-state index contributed by atoms with van der Waals surface area (Å²) in [6.07, 6.45) is 0. The Kier molecular flexibility index (Phi) is 11.1. The van der Waals surface area contributed by atoms with Gasteiger partial charge in [-0.2, -0.15) is 8.42 Å². The number of nitro benzene ring substituents is 1. The minimum Gasteiger partial charge on any atom is -0.456 e. The molecule has 0 aliphatic rings. The zero-order chi connectivity index (χ0) is 28.2. The first-order chi connectivity index (χ1) is 17.9. The average Bonchev–Trinajstić information content (AvgIpc) is 2.89. The number of esters is 2. The Morgan fingerprint density at radius 3 is 1.66 bits per heavy atom. The number of ether oxygens (including phenoxy) is 2. The summed E-state index contributed by atoms with van der Waals surface area (Å²) in [5.41, 5.74) is 0.712. The predicted molar refractivity (Wildman–Crippen MR) is 138 cm³/mol. The van der Waals surface area contributed by atoms with Crippen molar-refractivity contribution in [3.63, 3.8) is 0 Å². The van der Waals surface area contributed by atoms with Crippen LogP contribution >= 0.6 is 0 Å². The fraction of sp³-hybridized carbons (Fsp3) is 0.231. The van der Waals surface area contributed by atoms with Crippen LogP contribution in [0.1, 0.15) is 20.7 Å². The number of hydrogen-bond acceptors (Lipinski definition) is 8. The molecule has 0 saturated heterocycles. The van der Waals surface area contributed by atoms with Gasteiger partial charge in [-0.3, -0.25) is 14.7 Å². The van der Waals surface area contributed by atoms with Crippen molar-refractivity contribution in [3.05, 3.63) is 106 Å². The number of quaternary nitrogens is 1. The van der Waals surface area contributed by atoms with Crippen LogP contribution in [0.3, 0.4) is 0 Å². The molecule has 0 aliphatic heterocycles. The molecular weight excluding hydrogens is 516 g/mol. The van der Waals surface area contributed by atoms with Crippen molar-refractivity contribution in [1.82, 2.24) is 0 Å². The lowest BCUT2D eigenvalue weighted by Gasteiger charge is -2.29. The molecule has 3 rings (SSSR count). The van der Waals surface area contributed by atoms with Crippen LogP contribution in [0.15, 0.2) is 89.8 Å². The van der Waals surface area contributed by atoms with Gasteiger partial charge in [0.15, 0.2) is 0 Å². The van der Waals surface area contributed by atoms with Gasteiger partial charge in [0.1, 0.15) is 31.2 Å². The Hall–Kier alpha value is -4.13. The fourth-order valence-corrected chi connectivity index (χ4v) is 3.48. The number of likely N-dealkylation sites (N-methyl/N-ethyl adjacent to an activating group) is 1. The fourth-order valence-electron chi connectivity index (χ4n) is 2.96. The molecule has 0 heterocycles. The van der Waals surface area contributed by atoms with Crippen LogP contribution < -0.4 is 0 Å². The molecule has 1 N–H and O–H groups in total. The number of rotatable bonds is 10. The Bertz CT molecular complexity index is 1270. The summed E-state index contributed by atoms with van der Waals surface area (Å²) in [6, 6.07) is 22.0. The second-order valence-corrected chi connectivity index (χ2v) is 10.0. The molecule has 12 heteroatoms. The molecular formula is C26H29N2O9S+. The van der Waals surface area contributed by atoms with Crippen LogP contribution in [0.5, 0.6) is 0 Å². The first kappa shape index (κ1) is 30.1. The highest BCUT2D eigenvalue weighted by molar-refractivity contribution is 7.85. The smallest absolute Gasteiger partial charge is 0.338 e. The van der Waals surface area contributed by atoms with Crippen molar-refractivity contribution < 1.29 is 41.4 Å². The SMILES string of the molecule is C[N+](C)(CCOC(=O)c1ccccc1)CCOC(=O)c1ccccc1.O=[N+]([O-])c1cccc(S(=O)(=O)O)c1. The summed E-state index contributed by atoms with van der Waals surface area (Å²) in [6.45, 7) is 1.91. The summed E-state index contributed by atoms with van der Waals surface area (Å²) in [5.74, 6) is -0.646. The number of carbonyl (C=O) groups excluding carboxylic acids is 2. The topological polar surface area (TPSA) is 150 Å². The van der Waals surface area contributed by atoms with Crippen LogP contribution in [-0.4, -0.2) is 74.7 Å². The second-order valence-electron chi connectivity index (χ2n) is 8.62. The van der Waals surface area contributed by atoms with E-state index in [1.165, 1.54) is 6.07 Å². The highest BCUT2D eigenvalue weighted by Gasteiger charge is 2.18. The number of benzene rings is 3. The molecule has 0 bridgehead atoms. The van der Waals surface area contributed by atoms with E-state index in [1.807, 2.05) is 26.2 Å². The van der Waals surface area contributed by atoms with E-state index < -0.39 is 19.9 Å². The van der Waals surface area contributed by atoms with E-state index in [1.54, 1.807) is 48.5 Å². The molecule has 0 unspecified atom stereocenters. The lowest BCUT2D eigenvalue weighted by Crippen LogP contribution is -2.45. The summed E-state index contributed by atoms with van der Waals surface area (Å²) in [5, 5.41) is 10.2. The number of nitrogens with zero attached hydrogens (tertiary/aromatic N) is 2. The zero-order valence-electron chi connectivity index (χ0n) is 20.9. The molecule has 0 aliphatic carbocycles. The van der Waals surface area contributed by atoms with E-state index in [-0.39, 0.29) is 17.6 Å². The maximum Gasteiger partial charge on any atom is 0.338 e. The zero-order valence-corrected chi connectivity index (χ0v) is 21.7. The van der Waals surface area contributed by atoms with Gasteiger partial charge in [-0.05, 0) is 30.3 Å². The van der Waals surface area contributed by atoms with E-state index in [0.29, 0.717) is 41.9 Å². The van der Waals surface area contributed by atoms with Gasteiger partial charge in [-0.25, -0.2) is 9.59 Å². The first-order valence-corrected chi connectivity index (χ1v) is 12.8. The number of carbonyl (C=O) groups is 2. The van der Waals surface area contributed by atoms with Crippen LogP contribution in [0.4, 0.5) is 5.69 Å². The van der Waals surface area contributed by atoms with Gasteiger partial charge in [-0.1, -0.05) is 42.5 Å². The summed E-state index contributed by atoms with van der Waals surface area (Å²) in [4.78, 5) is 32.8. The lowest BCUT2D eigenvalue weighted by atomic mass is 10.2. The van der Waals surface area contributed by atoms with Crippen LogP contribution in [0.2, 0.25) is 0 Å². The molecule has 3 aromatic rings. The van der Waals surface area contributed by atoms with Crippen molar-refractivity contribution in [3.8, 4) is 0 Å². The monoisotopic (exact) mass is 545 g/mol. The quantitative estimate of drug-likeness (QED) is 0.132. The first-order valence-electron chi connectivity index (χ1n) is 11.4. The third kappa shape index (κ3) is 10.5. The highest BCUT2D eigenvalue weighted by atomic mass is 32.2. The Morgan fingerprint density at radius 1 is 0.816 bits per heavy atom. The molecule has 11 nitrogen and oxygen atoms in total. The standard InChI is InChI=1S/C20H24NO4.C6H5NO5S/c1-21(2,13-15-24-19(22)17-9-5-3-6-10-17)14-16-25-20(23)18-11-7-4-8-12-18;8-7(9)5-2-1-3-6(4-5)13(10,11)12/h3-12H,13-16H2,1-2H3;1-4H,(H,10,11,12)/q+1;. The van der Waals surface area contributed by atoms with Gasteiger partial charge in [0, 0.05) is 12.1 Å². The Balaban J connectivity index is 0.000000328. The van der Waals surface area contributed by atoms with E-state index >= 15 is 0 Å². The molecule has 0 atom stereocenters. The molecule has 0 radical (unpaired) electrons. The molecule has 202 valence electrons. The van der Waals surface area contributed by atoms with Gasteiger partial charge in [0.2, 0.25) is 0 Å². The predicted octanol–water partition coefficient (Wildman–Crippen LogP) is 3.62. The van der Waals surface area contributed by atoms with Gasteiger partial charge >= 0.3 is 11.9 Å². The second kappa shape index (κ2) is 14.0. The van der Waals surface area contributed by atoms with Crippen LogP contribution in [0.25, 0.3) is 0 Å². The van der Waals surface area contributed by atoms with Crippen molar-refractivity contribution >= 4 is 27.7 Å². The lowest BCUT2D eigenvalue weighted by molar-refractivity contribution is -0.890. The van der Waals surface area contributed by atoms with Crippen molar-refractivity contribution in [2.24, 2.45) is 0 Å². The van der Waals surface area contributed by atoms with Crippen LogP contribution in [-0.2, 0) is 19.6 Å². The van der Waals surface area contributed by atoms with Crippen molar-refractivity contribution in [1.29, 1.82) is 0 Å². The van der Waals surface area contributed by atoms with Gasteiger partial charge in [0.05, 0.1) is 30.1 Å². The largest absolute Gasteiger partial charge is 0.456 e. The van der Waals surface area contributed by atoms with Gasteiger partial charge < -0.3 is 14.0 Å². The number of nitro groups is 1. The summed E-state index contributed by atoms with van der Waals surface area (Å²) >= 11 is 0. The Morgan fingerprint density at radius 2 is 1.26 bits per heavy atom. The van der Waals surface area contributed by atoms with Crippen molar-refractivity contribution in [2.75, 3.05) is 40.4 Å². The van der Waals surface area contributed by atoms with Gasteiger partial charge in [0.25, 0.3) is 15.8 Å². The molecule has 0 spiro atoms. The highest BCUT2D eigenvalue weighted by Crippen LogP contribution is 2.16. The van der Waals surface area contributed by atoms with E-state index in [0.717, 1.165) is 18.2 Å². The maximum atomic E-state index is 11.9. The summed E-state index contributed by atoms with van der Waals surface area (Å²) in [7, 11) is -0.350. The molecule has 0 aromatic heterocycles. The maximum absolute atomic E-state index is 11.9. The van der Waals surface area contributed by atoms with Crippen molar-refractivity contribution in [2.45, 2.75) is 4.90 Å². The minimum absolute atomic E-state index is 0.313. The molecule has 0 saturated carbocycles. The Labute approximate surface area is 220 Å². The number of hydrogen-bond donors (Lipinski definition) is 1. The van der Waals surface area contributed by atoms with E-state index in [9.17, 15) is 28.1 Å². The summed E-state index contributed by atoms with van der Waals surface area (Å²) < 4.78 is 40.8. The molecule has 0 amide bonds. The third-order valence-corrected chi connectivity index (χ3v) is 6.05. The number of non-ortho nitro benzene ring substituents is 1. The van der Waals surface area contributed by atoms with E-state index in [2.05, 4.69) is 0 Å². The van der Waals surface area contributed by atoms with E-state index in [4.69, 9.17) is 14.0 Å². The normalized spacial score (nSPS) is 11.0. The minimum atomic E-state index is -4.36. The van der Waals surface area contributed by atoms with Gasteiger partial charge in [-0.15, -0.1) is 0 Å². The van der Waals surface area contributed by atoms with Crippen LogP contribution in [0, 0.1) is 10.1 Å². The third-order valence-electron chi connectivity index (χ3n) is 5.20. The average molecular weight is 546 g/mol.